The molecule has 0 bridgehead atoms. The number of amides is 2. The topological polar surface area (TPSA) is 211 Å². The van der Waals surface area contributed by atoms with Gasteiger partial charge in [0.2, 0.25) is 6.61 Å². The molecule has 0 aromatic carbocycles. The summed E-state index contributed by atoms with van der Waals surface area (Å²) in [5.41, 5.74) is 5.02. The predicted molar refractivity (Wildman–Crippen MR) is 125 cm³/mol. The lowest BCUT2D eigenvalue weighted by molar-refractivity contribution is -0.150. The fourth-order valence-electron chi connectivity index (χ4n) is 3.02. The summed E-state index contributed by atoms with van der Waals surface area (Å²) in [5, 5.41) is 25.3. The Labute approximate surface area is 209 Å². The van der Waals surface area contributed by atoms with E-state index in [1.807, 2.05) is 0 Å². The minimum absolute atomic E-state index is 0.0192. The Morgan fingerprint density at radius 2 is 2.11 bits per heavy atom. The first-order valence-corrected chi connectivity index (χ1v) is 12.6. The second-order valence-corrected chi connectivity index (χ2v) is 9.97. The highest BCUT2D eigenvalue weighted by Crippen LogP contribution is 2.43. The Hall–Kier alpha value is -3.31. The molecule has 3 rings (SSSR count). The van der Waals surface area contributed by atoms with Crippen molar-refractivity contribution in [2.75, 3.05) is 31.0 Å². The van der Waals surface area contributed by atoms with Crippen LogP contribution >= 0.6 is 34.9 Å². The minimum atomic E-state index is -1.32. The van der Waals surface area contributed by atoms with E-state index in [0.717, 1.165) is 28.0 Å². The summed E-state index contributed by atoms with van der Waals surface area (Å²) in [6.07, 6.45) is 0.0749. The molecule has 5 N–H and O–H groups in total. The predicted octanol–water partition coefficient (Wildman–Crippen LogP) is -0.477. The standard InChI is InChI=1S/C18H19N5O9S3/c1-31-10(26)2-3-33-8-6-34-16-12(15(28)23(16)13(8)17(29)30)21-14(27)11(22-32-4-9(24)25)7-5-35-18(19)20-7/h5,12,16H,2-4,6H2,1H3,(H2,19,20)(H,21,27)(H,24,25)(H,29,30)/b22-11+/t12-,16-/m1/s1. The van der Waals surface area contributed by atoms with E-state index < -0.39 is 47.7 Å². The third kappa shape index (κ3) is 6.04. The third-order valence-electron chi connectivity index (χ3n) is 4.56. The molecular weight excluding hydrogens is 526 g/mol. The van der Waals surface area contributed by atoms with Crippen LogP contribution in [0.15, 0.2) is 21.1 Å². The van der Waals surface area contributed by atoms with Crippen molar-refractivity contribution in [3.05, 3.63) is 21.7 Å². The largest absolute Gasteiger partial charge is 0.479 e. The van der Waals surface area contributed by atoms with Crippen molar-refractivity contribution in [1.29, 1.82) is 0 Å². The average molecular weight is 546 g/mol. The SMILES string of the molecule is COC(=O)CCSC1=C(C(=O)O)N2C(=O)[C@@H](NC(=O)/C(=N/OCC(=O)O)c3csc(N)n3)[C@H]2SC1. The van der Waals surface area contributed by atoms with Gasteiger partial charge in [-0.1, -0.05) is 5.16 Å². The monoisotopic (exact) mass is 545 g/mol. The molecular formula is C18H19N5O9S3. The number of carboxylic acid groups (broad SMARTS) is 2. The molecule has 0 aliphatic carbocycles. The number of carbonyl (C=O) groups is 5. The highest BCUT2D eigenvalue weighted by atomic mass is 32.2. The Kier molecular flexibility index (Phi) is 8.57. The molecule has 1 fully saturated rings. The molecule has 188 valence electrons. The van der Waals surface area contributed by atoms with E-state index >= 15 is 0 Å². The normalized spacial score (nSPS) is 19.5. The van der Waals surface area contributed by atoms with E-state index in [9.17, 15) is 29.1 Å². The fraction of sp³-hybridized carbons (Fsp3) is 0.389. The number of nitrogen functional groups attached to an aromatic ring is 1. The molecule has 14 nitrogen and oxygen atoms in total. The van der Waals surface area contributed by atoms with Crippen molar-refractivity contribution >= 4 is 75.4 Å². The number of thioether (sulfide) groups is 2. The highest BCUT2D eigenvalue weighted by molar-refractivity contribution is 8.06. The van der Waals surface area contributed by atoms with E-state index in [1.54, 1.807) is 0 Å². The molecule has 0 saturated carbocycles. The summed E-state index contributed by atoms with van der Waals surface area (Å²) in [6, 6.07) is -1.07. The van der Waals surface area contributed by atoms with Crippen molar-refractivity contribution in [1.82, 2.24) is 15.2 Å². The second kappa shape index (κ2) is 11.4. The molecule has 1 aromatic rings. The van der Waals surface area contributed by atoms with Crippen LogP contribution in [0, 0.1) is 0 Å². The first-order chi connectivity index (χ1) is 16.6. The van der Waals surface area contributed by atoms with Gasteiger partial charge in [-0.15, -0.1) is 34.9 Å². The zero-order valence-corrected chi connectivity index (χ0v) is 20.4. The Bertz CT molecular complexity index is 1120. The van der Waals surface area contributed by atoms with Gasteiger partial charge in [-0.25, -0.2) is 14.6 Å². The lowest BCUT2D eigenvalue weighted by Crippen LogP contribution is -2.71. The van der Waals surface area contributed by atoms with Crippen molar-refractivity contribution in [3.63, 3.8) is 0 Å². The maximum atomic E-state index is 12.9. The number of nitrogens with zero attached hydrogens (tertiary/aromatic N) is 3. The van der Waals surface area contributed by atoms with Crippen LogP contribution in [0.5, 0.6) is 0 Å². The van der Waals surface area contributed by atoms with Crippen molar-refractivity contribution in [2.45, 2.75) is 17.8 Å². The molecule has 0 radical (unpaired) electrons. The van der Waals surface area contributed by atoms with E-state index in [2.05, 4.69) is 25.0 Å². The number of hydrogen-bond donors (Lipinski definition) is 4. The van der Waals surface area contributed by atoms with Crippen LogP contribution in [0.3, 0.4) is 0 Å². The zero-order valence-electron chi connectivity index (χ0n) is 18.0. The van der Waals surface area contributed by atoms with Crippen molar-refractivity contribution in [3.8, 4) is 0 Å². The first-order valence-electron chi connectivity index (χ1n) is 9.68. The van der Waals surface area contributed by atoms with Gasteiger partial charge in [-0.2, -0.15) is 0 Å². The summed E-state index contributed by atoms with van der Waals surface area (Å²) in [4.78, 5) is 69.7. The van der Waals surface area contributed by atoms with Gasteiger partial charge in [0, 0.05) is 21.8 Å². The average Bonchev–Trinajstić information content (AvgIpc) is 3.24. The number of esters is 1. The molecule has 35 heavy (non-hydrogen) atoms. The van der Waals surface area contributed by atoms with Crippen molar-refractivity contribution in [2.24, 2.45) is 5.16 Å². The molecule has 1 aromatic heterocycles. The molecule has 17 heteroatoms. The molecule has 3 heterocycles. The summed E-state index contributed by atoms with van der Waals surface area (Å²) >= 11 is 3.40. The summed E-state index contributed by atoms with van der Waals surface area (Å²) in [6.45, 7) is -0.811. The number of rotatable bonds is 11. The maximum Gasteiger partial charge on any atom is 0.353 e. The van der Waals surface area contributed by atoms with E-state index in [4.69, 9.17) is 10.8 Å². The third-order valence-corrected chi connectivity index (χ3v) is 7.79. The molecule has 2 amide bonds. The van der Waals surface area contributed by atoms with Gasteiger partial charge < -0.3 is 30.8 Å². The second-order valence-electron chi connectivity index (χ2n) is 6.79. The van der Waals surface area contributed by atoms with Crippen LogP contribution in [-0.4, -0.2) is 92.2 Å². The summed E-state index contributed by atoms with van der Waals surface area (Å²) < 4.78 is 4.57. The van der Waals surface area contributed by atoms with Gasteiger partial charge in [0.25, 0.3) is 11.8 Å². The Morgan fingerprint density at radius 1 is 1.37 bits per heavy atom. The molecule has 2 aliphatic rings. The number of thiazole rings is 1. The van der Waals surface area contributed by atoms with Crippen molar-refractivity contribution < 1.29 is 43.8 Å². The number of β-lactam (4-membered cyclic amide) rings is 1. The zero-order chi connectivity index (χ0) is 25.7. The maximum absolute atomic E-state index is 12.9. The van der Waals surface area contributed by atoms with E-state index in [0.29, 0.717) is 4.91 Å². The Balaban J connectivity index is 1.74. The molecule has 0 spiro atoms. The van der Waals surface area contributed by atoms with Crippen LogP contribution in [-0.2, 0) is 33.5 Å². The van der Waals surface area contributed by atoms with Gasteiger partial charge >= 0.3 is 17.9 Å². The van der Waals surface area contributed by atoms with Crippen LogP contribution in [0.1, 0.15) is 12.1 Å². The fourth-order valence-corrected chi connectivity index (χ4v) is 6.14. The van der Waals surface area contributed by atoms with Gasteiger partial charge in [0.15, 0.2) is 10.8 Å². The highest BCUT2D eigenvalue weighted by Gasteiger charge is 2.54. The smallest absolute Gasteiger partial charge is 0.353 e. The lowest BCUT2D eigenvalue weighted by atomic mass is 10.0. The van der Waals surface area contributed by atoms with Gasteiger partial charge in [-0.3, -0.25) is 19.3 Å². The number of methoxy groups -OCH3 is 1. The molecule has 2 atom stereocenters. The minimum Gasteiger partial charge on any atom is -0.479 e. The number of aliphatic carboxylic acids is 2. The number of carboxylic acids is 2. The molecule has 2 aliphatic heterocycles. The van der Waals surface area contributed by atoms with Gasteiger partial charge in [-0.05, 0) is 0 Å². The number of nitrogens with two attached hydrogens (primary N) is 1. The Morgan fingerprint density at radius 3 is 2.71 bits per heavy atom. The molecule has 1 saturated heterocycles. The lowest BCUT2D eigenvalue weighted by Gasteiger charge is -2.49. The summed E-state index contributed by atoms with van der Waals surface area (Å²) in [5.74, 6) is -4.07. The van der Waals surface area contributed by atoms with Crippen LogP contribution < -0.4 is 11.1 Å². The number of nitrogens with one attached hydrogen (secondary N) is 1. The van der Waals surface area contributed by atoms with Crippen LogP contribution in [0.25, 0.3) is 0 Å². The van der Waals surface area contributed by atoms with Gasteiger partial charge in [0.05, 0.1) is 13.5 Å². The van der Waals surface area contributed by atoms with E-state index in [1.165, 1.54) is 24.3 Å². The number of hydrogen-bond acceptors (Lipinski definition) is 13. The number of oxime groups is 1. The van der Waals surface area contributed by atoms with Gasteiger partial charge in [0.1, 0.15) is 22.8 Å². The number of ether oxygens (including phenoxy) is 1. The number of anilines is 1. The number of fused-ring (bicyclic) bond motifs is 1. The van der Waals surface area contributed by atoms with Crippen LogP contribution in [0.2, 0.25) is 0 Å². The first kappa shape index (κ1) is 26.3. The number of aromatic nitrogens is 1. The quantitative estimate of drug-likeness (QED) is 0.120. The summed E-state index contributed by atoms with van der Waals surface area (Å²) in [7, 11) is 1.25. The van der Waals surface area contributed by atoms with E-state index in [-0.39, 0.29) is 40.2 Å². The van der Waals surface area contributed by atoms with Crippen LogP contribution in [0.4, 0.5) is 5.13 Å². The number of carbonyl (C=O) groups excluding carboxylic acids is 3. The molecule has 0 unspecified atom stereocenters.